The fourth-order valence-corrected chi connectivity index (χ4v) is 3.69. The van der Waals surface area contributed by atoms with Crippen LogP contribution >= 0.6 is 0 Å². The van der Waals surface area contributed by atoms with E-state index in [0.29, 0.717) is 23.7 Å². The second kappa shape index (κ2) is 6.46. The van der Waals surface area contributed by atoms with Crippen molar-refractivity contribution in [3.63, 3.8) is 0 Å². The molecule has 2 aliphatic heterocycles. The fraction of sp³-hybridized carbons (Fsp3) is 0.316. The quantitative estimate of drug-likeness (QED) is 0.755. The highest BCUT2D eigenvalue weighted by Gasteiger charge is 2.28. The molecule has 1 fully saturated rings. The van der Waals surface area contributed by atoms with Crippen molar-refractivity contribution >= 4 is 17.4 Å². The van der Waals surface area contributed by atoms with Gasteiger partial charge in [0.1, 0.15) is 5.82 Å². The fourth-order valence-electron chi connectivity index (χ4n) is 3.69. The van der Waals surface area contributed by atoms with E-state index in [1.807, 2.05) is 39.8 Å². The number of carbonyl (C=O) groups excluding carboxylic acids is 1. The van der Waals surface area contributed by atoms with Gasteiger partial charge in [-0.1, -0.05) is 6.07 Å². The molecule has 8 nitrogen and oxygen atoms in total. The Morgan fingerprint density at radius 3 is 3.04 bits per heavy atom. The second-order valence-electron chi connectivity index (χ2n) is 6.77. The predicted octanol–water partition coefficient (Wildman–Crippen LogP) is 2.87. The van der Waals surface area contributed by atoms with Crippen LogP contribution in [0, 0.1) is 0 Å². The van der Waals surface area contributed by atoms with Gasteiger partial charge in [0.25, 0.3) is 0 Å². The van der Waals surface area contributed by atoms with Crippen LogP contribution in [-0.2, 0) is 0 Å². The Labute approximate surface area is 155 Å². The number of piperidine rings is 1. The van der Waals surface area contributed by atoms with Crippen molar-refractivity contribution in [1.82, 2.24) is 19.5 Å². The van der Waals surface area contributed by atoms with Crippen LogP contribution in [0.15, 0.2) is 42.6 Å². The summed E-state index contributed by atoms with van der Waals surface area (Å²) in [6.07, 6.45) is 3.89. The summed E-state index contributed by atoms with van der Waals surface area (Å²) in [5, 5.41) is 11.5. The summed E-state index contributed by atoms with van der Waals surface area (Å²) in [4.78, 5) is 14.6. The first-order valence-corrected chi connectivity index (χ1v) is 9.03. The molecule has 1 aromatic carbocycles. The minimum Gasteiger partial charge on any atom is -0.454 e. The summed E-state index contributed by atoms with van der Waals surface area (Å²) >= 11 is 0. The lowest BCUT2D eigenvalue weighted by atomic mass is 9.97. The largest absolute Gasteiger partial charge is 0.454 e. The summed E-state index contributed by atoms with van der Waals surface area (Å²) < 4.78 is 12.7. The molecule has 27 heavy (non-hydrogen) atoms. The number of rotatable bonds is 2. The van der Waals surface area contributed by atoms with E-state index in [0.717, 1.165) is 30.9 Å². The number of nitrogens with zero attached hydrogens (tertiary/aromatic N) is 4. The number of hydrogen-bond acceptors (Lipinski definition) is 5. The molecule has 1 atom stereocenters. The number of hydrogen-bond donors (Lipinski definition) is 1. The van der Waals surface area contributed by atoms with Gasteiger partial charge in [-0.15, -0.1) is 10.2 Å². The lowest BCUT2D eigenvalue weighted by Crippen LogP contribution is -2.42. The van der Waals surface area contributed by atoms with E-state index in [4.69, 9.17) is 9.47 Å². The lowest BCUT2D eigenvalue weighted by molar-refractivity contribution is 0.174. The molecule has 1 saturated heterocycles. The number of anilines is 1. The average Bonchev–Trinajstić information content (AvgIpc) is 3.34. The number of nitrogens with one attached hydrogen (secondary N) is 1. The van der Waals surface area contributed by atoms with Crippen molar-refractivity contribution in [1.29, 1.82) is 0 Å². The molecule has 1 unspecified atom stereocenters. The molecule has 0 spiro atoms. The van der Waals surface area contributed by atoms with Crippen LogP contribution in [-0.4, -0.2) is 45.4 Å². The molecule has 0 radical (unpaired) electrons. The van der Waals surface area contributed by atoms with Crippen molar-refractivity contribution in [2.75, 3.05) is 25.2 Å². The third kappa shape index (κ3) is 2.92. The van der Waals surface area contributed by atoms with E-state index < -0.39 is 0 Å². The number of amides is 2. The number of pyridine rings is 1. The van der Waals surface area contributed by atoms with Gasteiger partial charge >= 0.3 is 6.03 Å². The van der Waals surface area contributed by atoms with E-state index >= 15 is 0 Å². The van der Waals surface area contributed by atoms with Crippen LogP contribution < -0.4 is 14.8 Å². The lowest BCUT2D eigenvalue weighted by Gasteiger charge is -2.32. The molecule has 2 amide bonds. The van der Waals surface area contributed by atoms with Gasteiger partial charge in [0.05, 0.1) is 0 Å². The van der Waals surface area contributed by atoms with Gasteiger partial charge in [-0.25, -0.2) is 4.79 Å². The number of likely N-dealkylation sites (tertiary alicyclic amines) is 1. The Kier molecular flexibility index (Phi) is 3.81. The highest BCUT2D eigenvalue weighted by molar-refractivity contribution is 5.89. The highest BCUT2D eigenvalue weighted by atomic mass is 16.7. The van der Waals surface area contributed by atoms with E-state index in [-0.39, 0.29) is 18.7 Å². The first-order valence-electron chi connectivity index (χ1n) is 9.03. The molecule has 0 saturated carbocycles. The van der Waals surface area contributed by atoms with Crippen molar-refractivity contribution in [3.8, 4) is 11.5 Å². The number of benzene rings is 1. The molecule has 1 N–H and O–H groups in total. The Bertz CT molecular complexity index is 1000. The number of fused-ring (bicyclic) bond motifs is 2. The SMILES string of the molecule is O=C(Nc1ccc2c(c1)OCO2)N1CCCC(c2nnc3ccccn23)C1. The summed E-state index contributed by atoms with van der Waals surface area (Å²) in [6, 6.07) is 11.1. The predicted molar refractivity (Wildman–Crippen MR) is 98.1 cm³/mol. The Morgan fingerprint density at radius 2 is 2.07 bits per heavy atom. The molecular formula is C19H19N5O3. The summed E-state index contributed by atoms with van der Waals surface area (Å²) in [5.41, 5.74) is 1.52. The molecule has 5 rings (SSSR count). The maximum absolute atomic E-state index is 12.7. The minimum absolute atomic E-state index is 0.118. The van der Waals surface area contributed by atoms with Gasteiger partial charge in [0.2, 0.25) is 6.79 Å². The molecule has 3 aromatic rings. The van der Waals surface area contributed by atoms with Crippen LogP contribution in [0.3, 0.4) is 0 Å². The molecule has 0 bridgehead atoms. The zero-order valence-electron chi connectivity index (χ0n) is 14.7. The van der Waals surface area contributed by atoms with Crippen molar-refractivity contribution in [2.45, 2.75) is 18.8 Å². The van der Waals surface area contributed by atoms with E-state index in [1.54, 1.807) is 12.1 Å². The molecule has 8 heteroatoms. The zero-order valence-corrected chi connectivity index (χ0v) is 14.7. The number of carbonyl (C=O) groups is 1. The summed E-state index contributed by atoms with van der Waals surface area (Å²) in [5.74, 6) is 2.42. The first-order chi connectivity index (χ1) is 13.3. The second-order valence-corrected chi connectivity index (χ2v) is 6.77. The third-order valence-electron chi connectivity index (χ3n) is 5.04. The molecule has 2 aromatic heterocycles. The standard InChI is InChI=1S/C19H19N5O3/c25-19(20-14-6-7-15-16(10-14)27-12-26-15)23-8-3-4-13(11-23)18-22-21-17-5-1-2-9-24(17)18/h1-2,5-7,9-10,13H,3-4,8,11-12H2,(H,20,25). The van der Waals surface area contributed by atoms with Crippen molar-refractivity contribution in [2.24, 2.45) is 0 Å². The van der Waals surface area contributed by atoms with Crippen LogP contribution in [0.1, 0.15) is 24.6 Å². The van der Waals surface area contributed by atoms with Gasteiger partial charge in [0, 0.05) is 37.0 Å². The summed E-state index contributed by atoms with van der Waals surface area (Å²) in [7, 11) is 0. The van der Waals surface area contributed by atoms with Gasteiger partial charge in [-0.05, 0) is 37.1 Å². The zero-order chi connectivity index (χ0) is 18.2. The number of ether oxygens (including phenoxy) is 2. The van der Waals surface area contributed by atoms with Gasteiger partial charge in [-0.2, -0.15) is 0 Å². The minimum atomic E-state index is -0.118. The average molecular weight is 365 g/mol. The highest BCUT2D eigenvalue weighted by Crippen LogP contribution is 2.34. The van der Waals surface area contributed by atoms with Crippen LogP contribution in [0.25, 0.3) is 5.65 Å². The molecule has 138 valence electrons. The topological polar surface area (TPSA) is 81.0 Å². The molecule has 2 aliphatic rings. The smallest absolute Gasteiger partial charge is 0.321 e. The molecule has 4 heterocycles. The van der Waals surface area contributed by atoms with Crippen molar-refractivity contribution < 1.29 is 14.3 Å². The Morgan fingerprint density at radius 1 is 1.15 bits per heavy atom. The molecular weight excluding hydrogens is 346 g/mol. The van der Waals surface area contributed by atoms with E-state index in [2.05, 4.69) is 15.5 Å². The third-order valence-corrected chi connectivity index (χ3v) is 5.04. The van der Waals surface area contributed by atoms with Crippen LogP contribution in [0.4, 0.5) is 10.5 Å². The first kappa shape index (κ1) is 15.9. The normalized spacial score (nSPS) is 18.7. The summed E-state index contributed by atoms with van der Waals surface area (Å²) in [6.45, 7) is 1.56. The number of aromatic nitrogens is 3. The van der Waals surface area contributed by atoms with Crippen LogP contribution in [0.2, 0.25) is 0 Å². The van der Waals surface area contributed by atoms with Gasteiger partial charge in [-0.3, -0.25) is 4.40 Å². The monoisotopic (exact) mass is 365 g/mol. The molecule has 0 aliphatic carbocycles. The van der Waals surface area contributed by atoms with Crippen LogP contribution in [0.5, 0.6) is 11.5 Å². The van der Waals surface area contributed by atoms with Crippen molar-refractivity contribution in [3.05, 3.63) is 48.4 Å². The van der Waals surface area contributed by atoms with E-state index in [1.165, 1.54) is 0 Å². The van der Waals surface area contributed by atoms with Gasteiger partial charge < -0.3 is 19.7 Å². The van der Waals surface area contributed by atoms with Gasteiger partial charge in [0.15, 0.2) is 17.1 Å². The number of urea groups is 1. The maximum atomic E-state index is 12.7. The Balaban J connectivity index is 1.31. The van der Waals surface area contributed by atoms with E-state index in [9.17, 15) is 4.79 Å². The maximum Gasteiger partial charge on any atom is 0.321 e. The Hall–Kier alpha value is -3.29.